The summed E-state index contributed by atoms with van der Waals surface area (Å²) >= 11 is 0. The molecule has 4 heteroatoms. The third kappa shape index (κ3) is 2.37. The van der Waals surface area contributed by atoms with Crippen molar-refractivity contribution in [1.29, 1.82) is 0 Å². The van der Waals surface area contributed by atoms with Gasteiger partial charge in [0.25, 0.3) is 0 Å². The number of nitrogens with two attached hydrogens (primary N) is 1. The first-order valence-electron chi connectivity index (χ1n) is 5.34. The summed E-state index contributed by atoms with van der Waals surface area (Å²) < 4.78 is 26.3. The lowest BCUT2D eigenvalue weighted by Crippen LogP contribution is -2.05. The molecule has 0 saturated carbocycles. The van der Waals surface area contributed by atoms with Gasteiger partial charge in [-0.3, -0.25) is 4.79 Å². The highest BCUT2D eigenvalue weighted by Gasteiger charge is 2.15. The van der Waals surface area contributed by atoms with E-state index in [0.717, 1.165) is 17.7 Å². The summed E-state index contributed by atoms with van der Waals surface area (Å²) in [6, 6.07) is 7.66. The monoisotopic (exact) mass is 247 g/mol. The van der Waals surface area contributed by atoms with E-state index in [2.05, 4.69) is 0 Å². The van der Waals surface area contributed by atoms with Gasteiger partial charge in [0, 0.05) is 17.3 Å². The zero-order chi connectivity index (χ0) is 13.3. The molecule has 0 aromatic heterocycles. The van der Waals surface area contributed by atoms with E-state index in [1.807, 2.05) is 0 Å². The maximum Gasteiger partial charge on any atom is 0.196 e. The molecule has 92 valence electrons. The summed E-state index contributed by atoms with van der Waals surface area (Å²) in [7, 11) is 0. The quantitative estimate of drug-likeness (QED) is 0.654. The van der Waals surface area contributed by atoms with Crippen molar-refractivity contribution in [2.24, 2.45) is 0 Å². The third-order valence-electron chi connectivity index (χ3n) is 2.54. The van der Waals surface area contributed by atoms with Gasteiger partial charge < -0.3 is 5.73 Å². The molecular formula is C14H11F2NO. The minimum Gasteiger partial charge on any atom is -0.399 e. The Bertz CT molecular complexity index is 603. The van der Waals surface area contributed by atoms with Gasteiger partial charge >= 0.3 is 0 Å². The number of hydrogen-bond acceptors (Lipinski definition) is 2. The van der Waals surface area contributed by atoms with Crippen LogP contribution >= 0.6 is 0 Å². The van der Waals surface area contributed by atoms with Crippen molar-refractivity contribution in [1.82, 2.24) is 0 Å². The molecule has 0 heterocycles. The van der Waals surface area contributed by atoms with Crippen LogP contribution in [-0.4, -0.2) is 5.78 Å². The molecule has 0 aliphatic heterocycles. The summed E-state index contributed by atoms with van der Waals surface area (Å²) in [6.07, 6.45) is 0. The average Bonchev–Trinajstić information content (AvgIpc) is 2.26. The lowest BCUT2D eigenvalue weighted by atomic mass is 10.0. The lowest BCUT2D eigenvalue weighted by Gasteiger charge is -2.05. The first-order chi connectivity index (χ1) is 8.47. The van der Waals surface area contributed by atoms with Gasteiger partial charge in [0.2, 0.25) is 0 Å². The van der Waals surface area contributed by atoms with Crippen LogP contribution in [0.5, 0.6) is 0 Å². The number of hydrogen-bond donors (Lipinski definition) is 1. The van der Waals surface area contributed by atoms with Gasteiger partial charge in [-0.05, 0) is 42.8 Å². The summed E-state index contributed by atoms with van der Waals surface area (Å²) in [5, 5.41) is 0. The topological polar surface area (TPSA) is 43.1 Å². The van der Waals surface area contributed by atoms with Gasteiger partial charge in [-0.15, -0.1) is 0 Å². The van der Waals surface area contributed by atoms with Crippen molar-refractivity contribution in [3.05, 3.63) is 64.7 Å². The first kappa shape index (κ1) is 12.2. The molecule has 0 spiro atoms. The van der Waals surface area contributed by atoms with E-state index >= 15 is 0 Å². The predicted molar refractivity (Wildman–Crippen MR) is 65.4 cm³/mol. The van der Waals surface area contributed by atoms with Gasteiger partial charge in [-0.2, -0.15) is 0 Å². The van der Waals surface area contributed by atoms with Crippen LogP contribution in [0.15, 0.2) is 36.4 Å². The van der Waals surface area contributed by atoms with Crippen molar-refractivity contribution in [3.8, 4) is 0 Å². The fourth-order valence-electron chi connectivity index (χ4n) is 1.77. The molecule has 0 amide bonds. The zero-order valence-corrected chi connectivity index (χ0v) is 9.71. The van der Waals surface area contributed by atoms with E-state index in [1.54, 1.807) is 19.1 Å². The summed E-state index contributed by atoms with van der Waals surface area (Å²) in [5.74, 6) is -2.10. The maximum atomic E-state index is 13.5. The Morgan fingerprint density at radius 3 is 2.44 bits per heavy atom. The highest BCUT2D eigenvalue weighted by atomic mass is 19.1. The molecule has 2 aromatic carbocycles. The van der Waals surface area contributed by atoms with Crippen molar-refractivity contribution in [3.63, 3.8) is 0 Å². The summed E-state index contributed by atoms with van der Waals surface area (Å²) in [5.41, 5.74) is 6.99. The molecule has 2 nitrogen and oxygen atoms in total. The molecule has 0 fully saturated rings. The molecule has 18 heavy (non-hydrogen) atoms. The second-order valence-corrected chi connectivity index (χ2v) is 4.09. The van der Waals surface area contributed by atoms with Crippen molar-refractivity contribution >= 4 is 11.5 Å². The molecule has 2 rings (SSSR count). The third-order valence-corrected chi connectivity index (χ3v) is 2.54. The van der Waals surface area contributed by atoms with Crippen molar-refractivity contribution in [2.45, 2.75) is 6.92 Å². The number of benzene rings is 2. The molecular weight excluding hydrogens is 236 g/mol. The van der Waals surface area contributed by atoms with E-state index in [4.69, 9.17) is 5.73 Å². The second kappa shape index (κ2) is 4.56. The van der Waals surface area contributed by atoms with E-state index in [1.165, 1.54) is 6.07 Å². The average molecular weight is 247 g/mol. The molecule has 0 aliphatic rings. The van der Waals surface area contributed by atoms with E-state index in [-0.39, 0.29) is 11.1 Å². The Balaban J connectivity index is 2.47. The van der Waals surface area contributed by atoms with E-state index in [9.17, 15) is 13.6 Å². The summed E-state index contributed by atoms with van der Waals surface area (Å²) in [6.45, 7) is 1.79. The van der Waals surface area contributed by atoms with Crippen LogP contribution in [0.3, 0.4) is 0 Å². The Morgan fingerprint density at radius 1 is 1.11 bits per heavy atom. The zero-order valence-electron chi connectivity index (χ0n) is 9.71. The normalized spacial score (nSPS) is 10.4. The number of anilines is 1. The molecule has 0 unspecified atom stereocenters. The first-order valence-corrected chi connectivity index (χ1v) is 5.34. The molecule has 0 aliphatic carbocycles. The number of carbonyl (C=O) groups is 1. The fourth-order valence-corrected chi connectivity index (χ4v) is 1.77. The minimum atomic E-state index is -0.875. The second-order valence-electron chi connectivity index (χ2n) is 4.09. The largest absolute Gasteiger partial charge is 0.399 e. The van der Waals surface area contributed by atoms with Crippen molar-refractivity contribution in [2.75, 3.05) is 5.73 Å². The molecule has 2 aromatic rings. The van der Waals surface area contributed by atoms with Gasteiger partial charge in [-0.25, -0.2) is 8.78 Å². The number of ketones is 1. The Labute approximate surface area is 103 Å². The van der Waals surface area contributed by atoms with Gasteiger partial charge in [0.1, 0.15) is 11.6 Å². The Kier molecular flexibility index (Phi) is 3.10. The highest BCUT2D eigenvalue weighted by Crippen LogP contribution is 2.18. The van der Waals surface area contributed by atoms with Crippen LogP contribution in [-0.2, 0) is 0 Å². The Hall–Kier alpha value is -2.23. The van der Waals surface area contributed by atoms with Gasteiger partial charge in [-0.1, -0.05) is 0 Å². The highest BCUT2D eigenvalue weighted by molar-refractivity contribution is 6.09. The lowest BCUT2D eigenvalue weighted by molar-refractivity contribution is 0.103. The number of aryl methyl sites for hydroxylation is 1. The van der Waals surface area contributed by atoms with E-state index < -0.39 is 17.4 Å². The van der Waals surface area contributed by atoms with Gasteiger partial charge in [0.05, 0.1) is 5.56 Å². The van der Waals surface area contributed by atoms with E-state index in [0.29, 0.717) is 11.8 Å². The molecule has 0 saturated heterocycles. The smallest absolute Gasteiger partial charge is 0.196 e. The fraction of sp³-hybridized carbons (Fsp3) is 0.0714. The van der Waals surface area contributed by atoms with Crippen LogP contribution in [0.1, 0.15) is 21.5 Å². The molecule has 0 atom stereocenters. The van der Waals surface area contributed by atoms with Crippen LogP contribution in [0.4, 0.5) is 14.5 Å². The van der Waals surface area contributed by atoms with Gasteiger partial charge in [0.15, 0.2) is 5.78 Å². The maximum absolute atomic E-state index is 13.5. The Morgan fingerprint density at radius 2 is 1.83 bits per heavy atom. The summed E-state index contributed by atoms with van der Waals surface area (Å²) in [4.78, 5) is 12.1. The van der Waals surface area contributed by atoms with Crippen LogP contribution < -0.4 is 5.73 Å². The number of carbonyl (C=O) groups excluding carboxylic acids is 1. The molecule has 0 bridgehead atoms. The van der Waals surface area contributed by atoms with Crippen LogP contribution in [0.2, 0.25) is 0 Å². The molecule has 0 radical (unpaired) electrons. The SMILES string of the molecule is Cc1cc(N)cc(C(=O)c2ccc(F)cc2F)c1. The van der Waals surface area contributed by atoms with Crippen LogP contribution in [0, 0.1) is 18.6 Å². The van der Waals surface area contributed by atoms with Crippen molar-refractivity contribution < 1.29 is 13.6 Å². The molecule has 2 N–H and O–H groups in total. The predicted octanol–water partition coefficient (Wildman–Crippen LogP) is 3.09. The number of rotatable bonds is 2. The standard InChI is InChI=1S/C14H11F2NO/c1-8-4-9(6-11(17)5-8)14(18)12-3-2-10(15)7-13(12)16/h2-7H,17H2,1H3. The van der Waals surface area contributed by atoms with Crippen LogP contribution in [0.25, 0.3) is 0 Å². The number of nitrogen functional groups attached to an aromatic ring is 1. The number of halogens is 2. The minimum absolute atomic E-state index is 0.165.